The van der Waals surface area contributed by atoms with Crippen LogP contribution in [-0.4, -0.2) is 32.5 Å². The van der Waals surface area contributed by atoms with Crippen molar-refractivity contribution >= 4 is 28.2 Å². The third kappa shape index (κ3) is 1.83. The molecule has 0 amide bonds. The van der Waals surface area contributed by atoms with Gasteiger partial charge in [0.15, 0.2) is 11.6 Å². The highest BCUT2D eigenvalue weighted by Crippen LogP contribution is 2.28. The quantitative estimate of drug-likeness (QED) is 0.732. The molecule has 3 heterocycles. The molecule has 0 radical (unpaired) electrons. The Kier molecular flexibility index (Phi) is 2.65. The molecule has 1 aromatic carbocycles. The molecule has 0 bridgehead atoms. The van der Waals surface area contributed by atoms with Gasteiger partial charge in [-0.1, -0.05) is 12.1 Å². The number of rotatable bonds is 2. The molecular formula is C15H12N6O. The fourth-order valence-electron chi connectivity index (χ4n) is 2.55. The van der Waals surface area contributed by atoms with Crippen LogP contribution >= 0.6 is 0 Å². The molecule has 2 aromatic heterocycles. The number of nitrogens with zero attached hydrogens (tertiary/aromatic N) is 4. The van der Waals surface area contributed by atoms with Crippen molar-refractivity contribution in [2.24, 2.45) is 5.73 Å². The summed E-state index contributed by atoms with van der Waals surface area (Å²) >= 11 is 0. The number of anilines is 1. The average Bonchev–Trinajstić information content (AvgIpc) is 3.08. The number of nitrogens with one attached hydrogen (secondary N) is 1. The summed E-state index contributed by atoms with van der Waals surface area (Å²) in [5.74, 6) is 1.27. The second kappa shape index (κ2) is 4.66. The smallest absolute Gasteiger partial charge is 0.190 e. The SMILES string of the molecule is NC1=C(c2nc3ccccc3[nH]2)C(=O)CN1c1cccnn1. The Morgan fingerprint density at radius 2 is 2.05 bits per heavy atom. The van der Waals surface area contributed by atoms with Crippen LogP contribution in [0.25, 0.3) is 16.6 Å². The van der Waals surface area contributed by atoms with Gasteiger partial charge in [-0.05, 0) is 24.3 Å². The van der Waals surface area contributed by atoms with Gasteiger partial charge < -0.3 is 15.6 Å². The lowest BCUT2D eigenvalue weighted by Gasteiger charge is -2.15. The van der Waals surface area contributed by atoms with E-state index < -0.39 is 0 Å². The van der Waals surface area contributed by atoms with Crippen molar-refractivity contribution in [1.29, 1.82) is 0 Å². The number of fused-ring (bicyclic) bond motifs is 1. The summed E-state index contributed by atoms with van der Waals surface area (Å²) in [6.07, 6.45) is 1.57. The van der Waals surface area contributed by atoms with Gasteiger partial charge in [-0.15, -0.1) is 5.10 Å². The largest absolute Gasteiger partial charge is 0.384 e. The monoisotopic (exact) mass is 292 g/mol. The predicted molar refractivity (Wildman–Crippen MR) is 81.6 cm³/mol. The van der Waals surface area contributed by atoms with Crippen LogP contribution in [0.2, 0.25) is 0 Å². The van der Waals surface area contributed by atoms with E-state index in [1.54, 1.807) is 23.2 Å². The number of hydrogen-bond donors (Lipinski definition) is 2. The van der Waals surface area contributed by atoms with Gasteiger partial charge in [0.2, 0.25) is 0 Å². The van der Waals surface area contributed by atoms with Crippen LogP contribution < -0.4 is 10.6 Å². The van der Waals surface area contributed by atoms with Crippen LogP contribution in [0.15, 0.2) is 48.4 Å². The standard InChI is InChI=1S/C15H12N6O/c16-14-13(15-18-9-4-1-2-5-10(9)19-15)11(22)8-21(14)12-6-3-7-17-20-12/h1-7H,8,16H2,(H,18,19). The number of benzene rings is 1. The van der Waals surface area contributed by atoms with Crippen LogP contribution in [0, 0.1) is 0 Å². The van der Waals surface area contributed by atoms with E-state index in [-0.39, 0.29) is 12.3 Å². The molecule has 4 rings (SSSR count). The molecule has 3 N–H and O–H groups in total. The number of Topliss-reactive ketones (excluding diaryl/α,β-unsaturated/α-hetero) is 1. The van der Waals surface area contributed by atoms with E-state index in [9.17, 15) is 4.79 Å². The van der Waals surface area contributed by atoms with Crippen molar-refractivity contribution in [1.82, 2.24) is 20.2 Å². The molecule has 7 nitrogen and oxygen atoms in total. The van der Waals surface area contributed by atoms with E-state index in [1.807, 2.05) is 24.3 Å². The maximum atomic E-state index is 12.4. The molecule has 108 valence electrons. The molecule has 1 aliphatic heterocycles. The number of H-pyrrole nitrogens is 1. The summed E-state index contributed by atoms with van der Waals surface area (Å²) in [4.78, 5) is 21.6. The van der Waals surface area contributed by atoms with E-state index in [2.05, 4.69) is 20.2 Å². The summed E-state index contributed by atoms with van der Waals surface area (Å²) in [6, 6.07) is 11.1. The van der Waals surface area contributed by atoms with Gasteiger partial charge in [-0.25, -0.2) is 4.98 Å². The van der Waals surface area contributed by atoms with Crippen LogP contribution in [0.5, 0.6) is 0 Å². The summed E-state index contributed by atoms with van der Waals surface area (Å²) < 4.78 is 0. The Labute approximate surface area is 125 Å². The molecule has 0 atom stereocenters. The zero-order chi connectivity index (χ0) is 15.1. The molecule has 7 heteroatoms. The fourth-order valence-corrected chi connectivity index (χ4v) is 2.55. The molecule has 22 heavy (non-hydrogen) atoms. The third-order valence-corrected chi connectivity index (χ3v) is 3.59. The number of aromatic nitrogens is 4. The first-order valence-corrected chi connectivity index (χ1v) is 6.77. The second-order valence-corrected chi connectivity index (χ2v) is 4.95. The van der Waals surface area contributed by atoms with Crippen LogP contribution in [0.3, 0.4) is 0 Å². The zero-order valence-electron chi connectivity index (χ0n) is 11.5. The molecular weight excluding hydrogens is 280 g/mol. The Morgan fingerprint density at radius 1 is 1.18 bits per heavy atom. The molecule has 1 aliphatic rings. The van der Waals surface area contributed by atoms with Crippen molar-refractivity contribution in [3.8, 4) is 0 Å². The van der Waals surface area contributed by atoms with E-state index in [0.717, 1.165) is 11.0 Å². The minimum Gasteiger partial charge on any atom is -0.384 e. The van der Waals surface area contributed by atoms with Gasteiger partial charge in [0.05, 0.1) is 17.6 Å². The number of carbonyl (C=O) groups is 1. The molecule has 0 aliphatic carbocycles. The Morgan fingerprint density at radius 3 is 2.82 bits per heavy atom. The number of para-hydroxylation sites is 2. The molecule has 0 unspecified atom stereocenters. The predicted octanol–water partition coefficient (Wildman–Crippen LogP) is 1.07. The van der Waals surface area contributed by atoms with Gasteiger partial charge in [0, 0.05) is 6.20 Å². The molecule has 0 saturated carbocycles. The first-order valence-electron chi connectivity index (χ1n) is 6.77. The van der Waals surface area contributed by atoms with Gasteiger partial charge in [0.25, 0.3) is 0 Å². The number of aromatic amines is 1. The van der Waals surface area contributed by atoms with Gasteiger partial charge in [0.1, 0.15) is 17.2 Å². The van der Waals surface area contributed by atoms with Crippen LogP contribution in [0.1, 0.15) is 5.82 Å². The zero-order valence-corrected chi connectivity index (χ0v) is 11.5. The number of nitrogens with two attached hydrogens (primary N) is 1. The minimum atomic E-state index is -0.0952. The van der Waals surface area contributed by atoms with E-state index in [1.165, 1.54) is 0 Å². The summed E-state index contributed by atoms with van der Waals surface area (Å²) in [5, 5.41) is 7.81. The Bertz CT molecular complexity index is 866. The molecule has 0 spiro atoms. The van der Waals surface area contributed by atoms with E-state index >= 15 is 0 Å². The lowest BCUT2D eigenvalue weighted by molar-refractivity contribution is -0.112. The lowest BCUT2D eigenvalue weighted by atomic mass is 10.2. The number of carbonyl (C=O) groups excluding carboxylic acids is 1. The van der Waals surface area contributed by atoms with Gasteiger partial charge >= 0.3 is 0 Å². The van der Waals surface area contributed by atoms with Crippen molar-refractivity contribution in [3.05, 3.63) is 54.2 Å². The first-order chi connectivity index (χ1) is 10.7. The van der Waals surface area contributed by atoms with Crippen molar-refractivity contribution < 1.29 is 4.79 Å². The molecule has 3 aromatic rings. The number of hydrogen-bond acceptors (Lipinski definition) is 6. The maximum Gasteiger partial charge on any atom is 0.190 e. The minimum absolute atomic E-state index is 0.0952. The van der Waals surface area contributed by atoms with E-state index in [4.69, 9.17) is 5.73 Å². The highest BCUT2D eigenvalue weighted by atomic mass is 16.1. The van der Waals surface area contributed by atoms with Gasteiger partial charge in [-0.3, -0.25) is 4.79 Å². The maximum absolute atomic E-state index is 12.4. The highest BCUT2D eigenvalue weighted by molar-refractivity contribution is 6.26. The second-order valence-electron chi connectivity index (χ2n) is 4.95. The topological polar surface area (TPSA) is 101 Å². The van der Waals surface area contributed by atoms with E-state index in [0.29, 0.717) is 23.0 Å². The average molecular weight is 292 g/mol. The fraction of sp³-hybridized carbons (Fsp3) is 0.0667. The molecule has 0 saturated heterocycles. The summed E-state index contributed by atoms with van der Waals surface area (Å²) in [7, 11) is 0. The van der Waals surface area contributed by atoms with Gasteiger partial charge in [-0.2, -0.15) is 5.10 Å². The Balaban J connectivity index is 1.82. The highest BCUT2D eigenvalue weighted by Gasteiger charge is 2.32. The summed E-state index contributed by atoms with van der Waals surface area (Å²) in [5.41, 5.74) is 8.21. The molecule has 0 fully saturated rings. The Hall–Kier alpha value is -3.22. The van der Waals surface area contributed by atoms with Crippen LogP contribution in [-0.2, 0) is 4.79 Å². The summed E-state index contributed by atoms with van der Waals surface area (Å²) in [6.45, 7) is 0.136. The third-order valence-electron chi connectivity index (χ3n) is 3.59. The lowest BCUT2D eigenvalue weighted by Crippen LogP contribution is -2.26. The normalized spacial score (nSPS) is 15.1. The van der Waals surface area contributed by atoms with Crippen molar-refractivity contribution in [2.75, 3.05) is 11.4 Å². The van der Waals surface area contributed by atoms with Crippen molar-refractivity contribution in [3.63, 3.8) is 0 Å². The van der Waals surface area contributed by atoms with Crippen LogP contribution in [0.4, 0.5) is 5.82 Å². The number of imidazole rings is 1. The first kappa shape index (κ1) is 12.5. The van der Waals surface area contributed by atoms with Crippen molar-refractivity contribution in [2.45, 2.75) is 0 Å². The number of ketones is 1.